The molecule has 4 heteroatoms. The van der Waals surface area contributed by atoms with E-state index in [1.807, 2.05) is 0 Å². The van der Waals surface area contributed by atoms with Crippen LogP contribution in [0.2, 0.25) is 0 Å². The van der Waals surface area contributed by atoms with Gasteiger partial charge in [0.05, 0.1) is 6.61 Å². The Morgan fingerprint density at radius 3 is 2.62 bits per heavy atom. The molecule has 1 aromatic carbocycles. The maximum atomic E-state index is 11.5. The summed E-state index contributed by atoms with van der Waals surface area (Å²) in [6, 6.07) is 2.86. The Kier molecular flexibility index (Phi) is 2.33. The molecule has 16 heavy (non-hydrogen) atoms. The predicted molar refractivity (Wildman–Crippen MR) is 57.6 cm³/mol. The van der Waals surface area contributed by atoms with Crippen molar-refractivity contribution in [3.05, 3.63) is 34.9 Å². The summed E-state index contributed by atoms with van der Waals surface area (Å²) in [5, 5.41) is 28.7. The van der Waals surface area contributed by atoms with Crippen LogP contribution in [0.1, 0.15) is 23.6 Å². The van der Waals surface area contributed by atoms with Crippen molar-refractivity contribution in [3.8, 4) is 5.75 Å². The minimum atomic E-state index is -1.60. The smallest absolute Gasteiger partial charge is 0.191 e. The normalized spacial score (nSPS) is 23.3. The lowest BCUT2D eigenvalue weighted by Gasteiger charge is -2.27. The Hall–Kier alpha value is -1.65. The van der Waals surface area contributed by atoms with Crippen molar-refractivity contribution in [2.75, 3.05) is 0 Å². The topological polar surface area (TPSA) is 77.8 Å². The van der Waals surface area contributed by atoms with Crippen molar-refractivity contribution >= 4 is 11.9 Å². The SMILES string of the molecule is C[C@]1(O)C(=O)C=Cc2c1ccc(O)c2CO. The number of fused-ring (bicyclic) bond motifs is 1. The van der Waals surface area contributed by atoms with Crippen molar-refractivity contribution < 1.29 is 20.1 Å². The lowest BCUT2D eigenvalue weighted by atomic mass is 9.81. The molecule has 0 unspecified atom stereocenters. The van der Waals surface area contributed by atoms with E-state index in [0.29, 0.717) is 16.7 Å². The Bertz CT molecular complexity index is 486. The van der Waals surface area contributed by atoms with Crippen molar-refractivity contribution in [1.29, 1.82) is 0 Å². The number of phenols is 1. The third-order valence-corrected chi connectivity index (χ3v) is 2.90. The first-order valence-electron chi connectivity index (χ1n) is 4.89. The summed E-state index contributed by atoms with van der Waals surface area (Å²) in [5.41, 5.74) is -0.364. The van der Waals surface area contributed by atoms with Gasteiger partial charge in [0.25, 0.3) is 0 Å². The number of rotatable bonds is 1. The van der Waals surface area contributed by atoms with E-state index in [4.69, 9.17) is 5.11 Å². The number of hydrogen-bond donors (Lipinski definition) is 3. The molecule has 4 nitrogen and oxygen atoms in total. The minimum absolute atomic E-state index is 0.0453. The van der Waals surface area contributed by atoms with Gasteiger partial charge in [-0.15, -0.1) is 0 Å². The number of ketones is 1. The van der Waals surface area contributed by atoms with Gasteiger partial charge in [-0.25, -0.2) is 0 Å². The highest BCUT2D eigenvalue weighted by Gasteiger charge is 2.36. The molecule has 0 spiro atoms. The van der Waals surface area contributed by atoms with Gasteiger partial charge in [0.2, 0.25) is 0 Å². The van der Waals surface area contributed by atoms with E-state index in [9.17, 15) is 15.0 Å². The first-order valence-corrected chi connectivity index (χ1v) is 4.89. The molecule has 0 heterocycles. The van der Waals surface area contributed by atoms with E-state index in [0.717, 1.165) is 0 Å². The van der Waals surface area contributed by atoms with Crippen LogP contribution in [-0.4, -0.2) is 21.1 Å². The highest BCUT2D eigenvalue weighted by Crippen LogP contribution is 2.36. The molecule has 1 atom stereocenters. The molecule has 1 aliphatic carbocycles. The maximum Gasteiger partial charge on any atom is 0.191 e. The van der Waals surface area contributed by atoms with Crippen molar-refractivity contribution in [2.24, 2.45) is 0 Å². The van der Waals surface area contributed by atoms with Crippen LogP contribution in [-0.2, 0) is 17.0 Å². The van der Waals surface area contributed by atoms with Gasteiger partial charge in [-0.05, 0) is 30.2 Å². The van der Waals surface area contributed by atoms with Crippen LogP contribution in [0.4, 0.5) is 0 Å². The average Bonchev–Trinajstić information content (AvgIpc) is 2.23. The summed E-state index contributed by atoms with van der Waals surface area (Å²) in [6.45, 7) is 1.06. The van der Waals surface area contributed by atoms with E-state index in [1.54, 1.807) is 0 Å². The second kappa shape index (κ2) is 3.43. The highest BCUT2D eigenvalue weighted by atomic mass is 16.3. The maximum absolute atomic E-state index is 11.5. The minimum Gasteiger partial charge on any atom is -0.508 e. The molecule has 0 saturated carbocycles. The summed E-state index contributed by atoms with van der Waals surface area (Å²) in [5.74, 6) is -0.453. The van der Waals surface area contributed by atoms with Crippen molar-refractivity contribution in [3.63, 3.8) is 0 Å². The van der Waals surface area contributed by atoms with E-state index < -0.39 is 11.4 Å². The lowest BCUT2D eigenvalue weighted by molar-refractivity contribution is -0.131. The van der Waals surface area contributed by atoms with E-state index in [-0.39, 0.29) is 12.4 Å². The van der Waals surface area contributed by atoms with Gasteiger partial charge in [-0.1, -0.05) is 12.1 Å². The number of benzene rings is 1. The van der Waals surface area contributed by atoms with Crippen LogP contribution >= 0.6 is 0 Å². The molecule has 1 aromatic rings. The van der Waals surface area contributed by atoms with E-state index in [2.05, 4.69) is 0 Å². The van der Waals surface area contributed by atoms with Gasteiger partial charge in [0.1, 0.15) is 11.4 Å². The zero-order chi connectivity index (χ0) is 11.9. The van der Waals surface area contributed by atoms with Gasteiger partial charge in [-0.3, -0.25) is 4.79 Å². The third-order valence-electron chi connectivity index (χ3n) is 2.90. The molecule has 0 bridgehead atoms. The fourth-order valence-corrected chi connectivity index (χ4v) is 1.89. The molecule has 3 N–H and O–H groups in total. The second-order valence-corrected chi connectivity index (χ2v) is 3.95. The molecule has 0 saturated heterocycles. The van der Waals surface area contributed by atoms with Gasteiger partial charge in [-0.2, -0.15) is 0 Å². The van der Waals surface area contributed by atoms with E-state index >= 15 is 0 Å². The van der Waals surface area contributed by atoms with Crippen molar-refractivity contribution in [2.45, 2.75) is 19.1 Å². The van der Waals surface area contributed by atoms with Crippen LogP contribution < -0.4 is 0 Å². The fraction of sp³-hybridized carbons (Fsp3) is 0.250. The zero-order valence-corrected chi connectivity index (χ0v) is 8.77. The molecule has 0 fully saturated rings. The number of carbonyl (C=O) groups excluding carboxylic acids is 1. The largest absolute Gasteiger partial charge is 0.508 e. The molecule has 0 aromatic heterocycles. The quantitative estimate of drug-likeness (QED) is 0.650. The van der Waals surface area contributed by atoms with Crippen molar-refractivity contribution in [1.82, 2.24) is 0 Å². The molecule has 0 aliphatic heterocycles. The Balaban J connectivity index is 2.74. The van der Waals surface area contributed by atoms with Gasteiger partial charge >= 0.3 is 0 Å². The molecule has 2 rings (SSSR count). The Morgan fingerprint density at radius 2 is 2.00 bits per heavy atom. The molecule has 1 aliphatic rings. The van der Waals surface area contributed by atoms with Gasteiger partial charge < -0.3 is 15.3 Å². The van der Waals surface area contributed by atoms with E-state index in [1.165, 1.54) is 31.2 Å². The first-order chi connectivity index (χ1) is 7.48. The number of aliphatic hydroxyl groups excluding tert-OH is 1. The standard InChI is InChI=1S/C12H12O4/c1-12(16)9-3-4-10(14)8(6-13)7(9)2-5-11(12)15/h2-5,13-14,16H,6H2,1H3/t12-/m1/s1. The number of carbonyl (C=O) groups is 1. The lowest BCUT2D eigenvalue weighted by Crippen LogP contribution is -2.33. The Morgan fingerprint density at radius 1 is 1.31 bits per heavy atom. The summed E-state index contributed by atoms with van der Waals surface area (Å²) < 4.78 is 0. The average molecular weight is 220 g/mol. The Labute approximate surface area is 92.5 Å². The highest BCUT2D eigenvalue weighted by molar-refractivity contribution is 6.03. The molecular weight excluding hydrogens is 208 g/mol. The van der Waals surface area contributed by atoms with Crippen LogP contribution in [0.3, 0.4) is 0 Å². The summed E-state index contributed by atoms with van der Waals surface area (Å²) in [7, 11) is 0. The summed E-state index contributed by atoms with van der Waals surface area (Å²) in [4.78, 5) is 11.5. The van der Waals surface area contributed by atoms with Crippen LogP contribution in [0.25, 0.3) is 6.08 Å². The molecule has 0 radical (unpaired) electrons. The summed E-state index contributed by atoms with van der Waals surface area (Å²) >= 11 is 0. The zero-order valence-electron chi connectivity index (χ0n) is 8.77. The second-order valence-electron chi connectivity index (χ2n) is 3.95. The van der Waals surface area contributed by atoms with Crippen LogP contribution in [0, 0.1) is 0 Å². The molecular formula is C12H12O4. The third kappa shape index (κ3) is 1.35. The predicted octanol–water partition coefficient (Wildman–Crippen LogP) is 0.688. The van der Waals surface area contributed by atoms with Gasteiger partial charge in [0.15, 0.2) is 5.78 Å². The summed E-state index contributed by atoms with van der Waals surface area (Å²) in [6.07, 6.45) is 2.75. The van der Waals surface area contributed by atoms with Crippen LogP contribution in [0.5, 0.6) is 5.75 Å². The number of aromatic hydroxyl groups is 1. The van der Waals surface area contributed by atoms with Gasteiger partial charge in [0, 0.05) is 5.56 Å². The number of hydrogen-bond acceptors (Lipinski definition) is 4. The molecule has 0 amide bonds. The fourth-order valence-electron chi connectivity index (χ4n) is 1.89. The monoisotopic (exact) mass is 220 g/mol. The number of aliphatic hydroxyl groups is 2. The molecule has 84 valence electrons. The first kappa shape index (κ1) is 10.9. The van der Waals surface area contributed by atoms with Crippen LogP contribution in [0.15, 0.2) is 18.2 Å².